The maximum Gasteiger partial charge on any atom is 0.322 e. The third-order valence-electron chi connectivity index (χ3n) is 6.86. The molecule has 1 aliphatic heterocycles. The van der Waals surface area contributed by atoms with Gasteiger partial charge in [0, 0.05) is 22.5 Å². The van der Waals surface area contributed by atoms with Gasteiger partial charge in [0.1, 0.15) is 11.6 Å². The van der Waals surface area contributed by atoms with Gasteiger partial charge in [0.25, 0.3) is 0 Å². The second kappa shape index (κ2) is 9.76. The molecule has 5 aromatic rings. The lowest BCUT2D eigenvalue weighted by atomic mass is 10.0. The molecule has 38 heavy (non-hydrogen) atoms. The number of fused-ring (bicyclic) bond motifs is 3. The number of rotatable bonds is 4. The molecule has 2 aromatic heterocycles. The Morgan fingerprint density at radius 3 is 2.53 bits per heavy atom. The molecule has 1 atom stereocenters. The van der Waals surface area contributed by atoms with E-state index in [1.807, 2.05) is 95.5 Å². The van der Waals surface area contributed by atoms with Gasteiger partial charge in [0.05, 0.1) is 36.8 Å². The summed E-state index contributed by atoms with van der Waals surface area (Å²) in [5.74, 6) is 1.68. The molecule has 0 spiro atoms. The first kappa shape index (κ1) is 23.9. The van der Waals surface area contributed by atoms with Gasteiger partial charge >= 0.3 is 6.03 Å². The first-order chi connectivity index (χ1) is 18.5. The second-order valence-electron chi connectivity index (χ2n) is 9.18. The molecule has 0 saturated heterocycles. The summed E-state index contributed by atoms with van der Waals surface area (Å²) in [6.45, 7) is 2.35. The number of halogens is 1. The van der Waals surface area contributed by atoms with E-state index in [1.54, 1.807) is 19.2 Å². The molecule has 0 aliphatic carbocycles. The summed E-state index contributed by atoms with van der Waals surface area (Å²) in [6, 6.07) is 28.5. The van der Waals surface area contributed by atoms with Crippen molar-refractivity contribution in [2.75, 3.05) is 12.4 Å². The number of methoxy groups -OCH3 is 1. The topological polar surface area (TPSA) is 64.3 Å². The van der Waals surface area contributed by atoms with Crippen LogP contribution in [0.25, 0.3) is 11.5 Å². The van der Waals surface area contributed by atoms with E-state index in [1.165, 1.54) is 0 Å². The van der Waals surface area contributed by atoms with Gasteiger partial charge in [-0.05, 0) is 67.1 Å². The van der Waals surface area contributed by atoms with Gasteiger partial charge in [-0.1, -0.05) is 48.0 Å². The third-order valence-corrected chi connectivity index (χ3v) is 7.09. The minimum Gasteiger partial charge on any atom is -0.497 e. The molecule has 3 heterocycles. The monoisotopic (exact) mass is 523 g/mol. The van der Waals surface area contributed by atoms with E-state index < -0.39 is 0 Å². The molecule has 0 saturated carbocycles. The molecule has 1 N–H and O–H groups in total. The van der Waals surface area contributed by atoms with Gasteiger partial charge in [-0.15, -0.1) is 0 Å². The summed E-state index contributed by atoms with van der Waals surface area (Å²) >= 11 is 6.20. The normalized spacial score (nSPS) is 14.4. The van der Waals surface area contributed by atoms with Crippen molar-refractivity contribution in [2.24, 2.45) is 0 Å². The summed E-state index contributed by atoms with van der Waals surface area (Å²) in [5, 5.41) is 8.51. The van der Waals surface area contributed by atoms with Crippen LogP contribution >= 0.6 is 11.6 Å². The standard InChI is InChI=1S/C30H26ClN5O2/c1-20-26-19-35(30(37)32-23-9-6-8-22(31)18-23)28(21-13-15-25(38-2)16-14-21)27-12-7-17-34(27)29(26)36(33-20)24-10-4-3-5-11-24/h3-18,28H,19H2,1-2H3,(H,32,37). The highest BCUT2D eigenvalue weighted by atomic mass is 35.5. The van der Waals surface area contributed by atoms with Crippen LogP contribution in [0.2, 0.25) is 5.02 Å². The van der Waals surface area contributed by atoms with Gasteiger partial charge in [0.15, 0.2) is 0 Å². The number of amides is 2. The number of aromatic nitrogens is 3. The molecule has 2 amide bonds. The van der Waals surface area contributed by atoms with E-state index >= 15 is 0 Å². The highest BCUT2D eigenvalue weighted by molar-refractivity contribution is 6.30. The van der Waals surface area contributed by atoms with Gasteiger partial charge in [-0.2, -0.15) is 5.10 Å². The van der Waals surface area contributed by atoms with Crippen LogP contribution in [0.15, 0.2) is 97.2 Å². The van der Waals surface area contributed by atoms with Crippen molar-refractivity contribution in [3.8, 4) is 17.3 Å². The molecule has 0 bridgehead atoms. The number of benzene rings is 3. The fourth-order valence-electron chi connectivity index (χ4n) is 5.05. The summed E-state index contributed by atoms with van der Waals surface area (Å²) in [6.07, 6.45) is 2.03. The van der Waals surface area contributed by atoms with Crippen LogP contribution in [0.5, 0.6) is 5.75 Å². The van der Waals surface area contributed by atoms with E-state index in [0.717, 1.165) is 39.8 Å². The van der Waals surface area contributed by atoms with Crippen LogP contribution in [0.4, 0.5) is 10.5 Å². The highest BCUT2D eigenvalue weighted by Gasteiger charge is 2.36. The molecule has 1 aliphatic rings. The number of para-hydroxylation sites is 1. The zero-order chi connectivity index (χ0) is 26.2. The summed E-state index contributed by atoms with van der Waals surface area (Å²) in [5.41, 5.74) is 5.34. The van der Waals surface area contributed by atoms with Crippen molar-refractivity contribution in [2.45, 2.75) is 19.5 Å². The van der Waals surface area contributed by atoms with Crippen LogP contribution < -0.4 is 10.1 Å². The molecule has 1 unspecified atom stereocenters. The Hall–Kier alpha value is -4.49. The smallest absolute Gasteiger partial charge is 0.322 e. The molecular weight excluding hydrogens is 498 g/mol. The maximum absolute atomic E-state index is 14.0. The number of anilines is 1. The number of carbonyl (C=O) groups excluding carboxylic acids is 1. The lowest BCUT2D eigenvalue weighted by molar-refractivity contribution is 0.194. The number of hydrogen-bond donors (Lipinski definition) is 1. The Balaban J connectivity index is 1.53. The van der Waals surface area contributed by atoms with Crippen molar-refractivity contribution < 1.29 is 9.53 Å². The summed E-state index contributed by atoms with van der Waals surface area (Å²) in [4.78, 5) is 15.8. The van der Waals surface area contributed by atoms with Crippen molar-refractivity contribution in [1.29, 1.82) is 0 Å². The van der Waals surface area contributed by atoms with Crippen molar-refractivity contribution in [3.05, 3.63) is 125 Å². The van der Waals surface area contributed by atoms with Gasteiger partial charge < -0.3 is 19.5 Å². The Kier molecular flexibility index (Phi) is 6.13. The van der Waals surface area contributed by atoms with Gasteiger partial charge in [-0.25, -0.2) is 9.48 Å². The molecule has 8 heteroatoms. The van der Waals surface area contributed by atoms with Gasteiger partial charge in [-0.3, -0.25) is 0 Å². The van der Waals surface area contributed by atoms with Crippen molar-refractivity contribution in [3.63, 3.8) is 0 Å². The Bertz CT molecular complexity index is 1610. The van der Waals surface area contributed by atoms with Crippen LogP contribution in [0, 0.1) is 6.92 Å². The number of hydrogen-bond acceptors (Lipinski definition) is 3. The fraction of sp³-hybridized carbons (Fsp3) is 0.133. The third kappa shape index (κ3) is 4.21. The van der Waals surface area contributed by atoms with Gasteiger partial charge in [0.2, 0.25) is 0 Å². The molecular formula is C30H26ClN5O2. The SMILES string of the molecule is COc1ccc(C2c3cccn3-c3c(c(C)nn3-c3ccccc3)CN2C(=O)Nc2cccc(Cl)c2)cc1. The first-order valence-corrected chi connectivity index (χ1v) is 12.7. The predicted molar refractivity (Wildman–Crippen MR) is 148 cm³/mol. The molecule has 0 radical (unpaired) electrons. The zero-order valence-corrected chi connectivity index (χ0v) is 21.8. The first-order valence-electron chi connectivity index (χ1n) is 12.3. The number of nitrogens with zero attached hydrogens (tertiary/aromatic N) is 4. The minimum atomic E-state index is -0.369. The average molecular weight is 524 g/mol. The van der Waals surface area contributed by atoms with E-state index in [4.69, 9.17) is 21.4 Å². The predicted octanol–water partition coefficient (Wildman–Crippen LogP) is 6.77. The van der Waals surface area contributed by atoms with Crippen LogP contribution in [0.1, 0.15) is 28.6 Å². The largest absolute Gasteiger partial charge is 0.497 e. The molecule has 190 valence electrons. The average Bonchev–Trinajstić information content (AvgIpc) is 3.49. The van der Waals surface area contributed by atoms with Crippen molar-refractivity contribution >= 4 is 23.3 Å². The van der Waals surface area contributed by atoms with E-state index in [2.05, 4.69) is 16.0 Å². The number of ether oxygens (including phenoxy) is 1. The quantitative estimate of drug-likeness (QED) is 0.283. The Morgan fingerprint density at radius 2 is 1.79 bits per heavy atom. The lowest BCUT2D eigenvalue weighted by Gasteiger charge is -2.31. The van der Waals surface area contributed by atoms with Crippen LogP contribution in [0.3, 0.4) is 0 Å². The Morgan fingerprint density at radius 1 is 1.00 bits per heavy atom. The lowest BCUT2D eigenvalue weighted by Crippen LogP contribution is -2.38. The van der Waals surface area contributed by atoms with E-state index in [0.29, 0.717) is 17.3 Å². The minimum absolute atomic E-state index is 0.236. The zero-order valence-electron chi connectivity index (χ0n) is 21.0. The number of urea groups is 1. The number of aryl methyl sites for hydroxylation is 1. The van der Waals surface area contributed by atoms with Crippen molar-refractivity contribution in [1.82, 2.24) is 19.2 Å². The highest BCUT2D eigenvalue weighted by Crippen LogP contribution is 2.39. The fourth-order valence-corrected chi connectivity index (χ4v) is 5.24. The summed E-state index contributed by atoms with van der Waals surface area (Å²) in [7, 11) is 1.64. The van der Waals surface area contributed by atoms with E-state index in [-0.39, 0.29) is 12.1 Å². The molecule has 0 fully saturated rings. The Labute approximate surface area is 225 Å². The molecule has 6 rings (SSSR count). The number of nitrogens with one attached hydrogen (secondary N) is 1. The van der Waals surface area contributed by atoms with E-state index in [9.17, 15) is 4.79 Å². The maximum atomic E-state index is 14.0. The summed E-state index contributed by atoms with van der Waals surface area (Å²) < 4.78 is 9.50. The van der Waals surface area contributed by atoms with Crippen LogP contribution in [-0.2, 0) is 6.54 Å². The molecule has 7 nitrogen and oxygen atoms in total. The second-order valence-corrected chi connectivity index (χ2v) is 9.62. The molecule has 3 aromatic carbocycles. The number of carbonyl (C=O) groups is 1. The van der Waals surface area contributed by atoms with Crippen LogP contribution in [-0.4, -0.2) is 32.4 Å².